The molecule has 0 aliphatic carbocycles. The Kier molecular flexibility index (Phi) is 6.19. The molecule has 1 atom stereocenters. The van der Waals surface area contributed by atoms with Crippen LogP contribution in [0.4, 0.5) is 10.5 Å². The van der Waals surface area contributed by atoms with Crippen LogP contribution in [0, 0.1) is 0 Å². The number of anilines is 1. The first-order valence-electron chi connectivity index (χ1n) is 7.72. The number of rotatable bonds is 7. The normalized spacial score (nSPS) is 11.4. The average molecular weight is 327 g/mol. The second-order valence-electron chi connectivity index (χ2n) is 5.20. The molecule has 2 aromatic carbocycles. The lowest BCUT2D eigenvalue weighted by Gasteiger charge is -2.17. The van der Waals surface area contributed by atoms with E-state index in [4.69, 9.17) is 10.5 Å². The smallest absolute Gasteiger partial charge is 0.312 e. The fraction of sp³-hybridized carbons (Fsp3) is 0.222. The SMILES string of the molecule is CCOc1ccc(NC(=O)C(Cc2ccccc2)NC(N)=O)cc1. The van der Waals surface area contributed by atoms with Crippen molar-refractivity contribution in [3.05, 3.63) is 60.2 Å². The van der Waals surface area contributed by atoms with E-state index in [-0.39, 0.29) is 5.91 Å². The van der Waals surface area contributed by atoms with Crippen molar-refractivity contribution in [1.82, 2.24) is 5.32 Å². The minimum Gasteiger partial charge on any atom is -0.494 e. The van der Waals surface area contributed by atoms with Gasteiger partial charge >= 0.3 is 6.03 Å². The Labute approximate surface area is 141 Å². The second-order valence-corrected chi connectivity index (χ2v) is 5.20. The summed E-state index contributed by atoms with van der Waals surface area (Å²) in [5, 5.41) is 5.25. The summed E-state index contributed by atoms with van der Waals surface area (Å²) in [6, 6.07) is 15.0. The summed E-state index contributed by atoms with van der Waals surface area (Å²) in [4.78, 5) is 23.6. The monoisotopic (exact) mass is 327 g/mol. The Balaban J connectivity index is 2.05. The molecular weight excluding hydrogens is 306 g/mol. The summed E-state index contributed by atoms with van der Waals surface area (Å²) in [5.74, 6) is 0.397. The van der Waals surface area contributed by atoms with Gasteiger partial charge in [-0.1, -0.05) is 30.3 Å². The number of hydrogen-bond acceptors (Lipinski definition) is 3. The number of primary amides is 1. The van der Waals surface area contributed by atoms with E-state index >= 15 is 0 Å². The molecule has 0 aliphatic heterocycles. The number of benzene rings is 2. The molecule has 0 spiro atoms. The first kappa shape index (κ1) is 17.3. The van der Waals surface area contributed by atoms with Gasteiger partial charge in [-0.15, -0.1) is 0 Å². The molecule has 3 amide bonds. The molecule has 24 heavy (non-hydrogen) atoms. The molecule has 0 aromatic heterocycles. The summed E-state index contributed by atoms with van der Waals surface area (Å²) < 4.78 is 5.36. The molecule has 6 heteroatoms. The van der Waals surface area contributed by atoms with Crippen LogP contribution in [0.2, 0.25) is 0 Å². The number of urea groups is 1. The van der Waals surface area contributed by atoms with Crippen molar-refractivity contribution in [3.8, 4) is 5.75 Å². The topological polar surface area (TPSA) is 93.4 Å². The van der Waals surface area contributed by atoms with Gasteiger partial charge in [-0.2, -0.15) is 0 Å². The van der Waals surface area contributed by atoms with Crippen molar-refractivity contribution in [3.63, 3.8) is 0 Å². The van der Waals surface area contributed by atoms with Gasteiger partial charge in [0.1, 0.15) is 11.8 Å². The van der Waals surface area contributed by atoms with Crippen molar-refractivity contribution >= 4 is 17.6 Å². The summed E-state index contributed by atoms with van der Waals surface area (Å²) in [5.41, 5.74) is 6.73. The van der Waals surface area contributed by atoms with Crippen LogP contribution in [-0.4, -0.2) is 24.6 Å². The summed E-state index contributed by atoms with van der Waals surface area (Å²) in [7, 11) is 0. The van der Waals surface area contributed by atoms with Crippen molar-refractivity contribution in [2.75, 3.05) is 11.9 Å². The number of ether oxygens (including phenoxy) is 1. The molecule has 0 radical (unpaired) electrons. The maximum Gasteiger partial charge on any atom is 0.312 e. The molecule has 6 nitrogen and oxygen atoms in total. The third kappa shape index (κ3) is 5.31. The largest absolute Gasteiger partial charge is 0.494 e. The number of amides is 3. The first-order chi connectivity index (χ1) is 11.6. The minimum atomic E-state index is -0.753. The highest BCUT2D eigenvalue weighted by Gasteiger charge is 2.20. The Hall–Kier alpha value is -3.02. The number of carbonyl (C=O) groups excluding carboxylic acids is 2. The zero-order valence-corrected chi connectivity index (χ0v) is 13.5. The zero-order chi connectivity index (χ0) is 17.4. The molecular formula is C18H21N3O3. The van der Waals surface area contributed by atoms with E-state index in [2.05, 4.69) is 10.6 Å². The maximum absolute atomic E-state index is 12.5. The number of nitrogens with two attached hydrogens (primary N) is 1. The van der Waals surface area contributed by atoms with E-state index in [1.165, 1.54) is 0 Å². The van der Waals surface area contributed by atoms with Crippen LogP contribution in [0.3, 0.4) is 0 Å². The molecule has 126 valence electrons. The Morgan fingerprint density at radius 3 is 2.33 bits per heavy atom. The number of hydrogen-bond donors (Lipinski definition) is 3. The van der Waals surface area contributed by atoms with E-state index in [0.717, 1.165) is 11.3 Å². The Morgan fingerprint density at radius 1 is 1.08 bits per heavy atom. The highest BCUT2D eigenvalue weighted by atomic mass is 16.5. The van der Waals surface area contributed by atoms with Crippen molar-refractivity contribution in [2.24, 2.45) is 5.73 Å². The molecule has 2 aromatic rings. The predicted octanol–water partition coefficient (Wildman–Crippen LogP) is 2.30. The standard InChI is InChI=1S/C18H21N3O3/c1-2-24-15-10-8-14(9-11-15)20-17(22)16(21-18(19)23)12-13-6-4-3-5-7-13/h3-11,16H,2,12H2,1H3,(H,20,22)(H3,19,21,23). The lowest BCUT2D eigenvalue weighted by molar-refractivity contribution is -0.117. The summed E-state index contributed by atoms with van der Waals surface area (Å²) >= 11 is 0. The van der Waals surface area contributed by atoms with Crippen LogP contribution >= 0.6 is 0 Å². The van der Waals surface area contributed by atoms with Crippen LogP contribution in [0.5, 0.6) is 5.75 Å². The van der Waals surface area contributed by atoms with E-state index in [1.807, 2.05) is 37.3 Å². The summed E-state index contributed by atoms with van der Waals surface area (Å²) in [6.45, 7) is 2.48. The highest BCUT2D eigenvalue weighted by Crippen LogP contribution is 2.16. The lowest BCUT2D eigenvalue weighted by Crippen LogP contribution is -2.47. The van der Waals surface area contributed by atoms with Gasteiger partial charge < -0.3 is 21.1 Å². The van der Waals surface area contributed by atoms with Gasteiger partial charge in [0.2, 0.25) is 5.91 Å². The van der Waals surface area contributed by atoms with Gasteiger partial charge in [0, 0.05) is 12.1 Å². The van der Waals surface area contributed by atoms with Gasteiger partial charge in [-0.25, -0.2) is 4.79 Å². The van der Waals surface area contributed by atoms with Crippen molar-refractivity contribution < 1.29 is 14.3 Å². The molecule has 2 rings (SSSR count). The van der Waals surface area contributed by atoms with E-state index in [0.29, 0.717) is 18.7 Å². The summed E-state index contributed by atoms with van der Waals surface area (Å²) in [6.07, 6.45) is 0.354. The fourth-order valence-corrected chi connectivity index (χ4v) is 2.26. The minimum absolute atomic E-state index is 0.332. The second kappa shape index (κ2) is 8.57. The molecule has 1 unspecified atom stereocenters. The van der Waals surface area contributed by atoms with Crippen LogP contribution in [0.1, 0.15) is 12.5 Å². The number of nitrogens with one attached hydrogen (secondary N) is 2. The van der Waals surface area contributed by atoms with Crippen molar-refractivity contribution in [1.29, 1.82) is 0 Å². The van der Waals surface area contributed by atoms with Crippen LogP contribution in [0.25, 0.3) is 0 Å². The molecule has 0 aliphatic rings. The molecule has 0 saturated heterocycles. The van der Waals surface area contributed by atoms with E-state index < -0.39 is 12.1 Å². The fourth-order valence-electron chi connectivity index (χ4n) is 2.26. The quantitative estimate of drug-likeness (QED) is 0.728. The van der Waals surface area contributed by atoms with Gasteiger partial charge in [0.15, 0.2) is 0 Å². The van der Waals surface area contributed by atoms with Crippen molar-refractivity contribution in [2.45, 2.75) is 19.4 Å². The maximum atomic E-state index is 12.5. The van der Waals surface area contributed by atoms with Crippen LogP contribution < -0.4 is 21.1 Å². The van der Waals surface area contributed by atoms with Gasteiger partial charge in [0.25, 0.3) is 0 Å². The number of carbonyl (C=O) groups is 2. The molecule has 0 saturated carbocycles. The van der Waals surface area contributed by atoms with Gasteiger partial charge in [0.05, 0.1) is 6.61 Å². The van der Waals surface area contributed by atoms with E-state index in [1.54, 1.807) is 24.3 Å². The van der Waals surface area contributed by atoms with Crippen LogP contribution in [0.15, 0.2) is 54.6 Å². The molecule has 0 heterocycles. The zero-order valence-electron chi connectivity index (χ0n) is 13.5. The average Bonchev–Trinajstić information content (AvgIpc) is 2.57. The van der Waals surface area contributed by atoms with Gasteiger partial charge in [-0.3, -0.25) is 4.79 Å². The third-order valence-electron chi connectivity index (χ3n) is 3.35. The predicted molar refractivity (Wildman–Crippen MR) is 92.9 cm³/mol. The molecule has 0 fully saturated rings. The highest BCUT2D eigenvalue weighted by molar-refractivity contribution is 5.97. The Morgan fingerprint density at radius 2 is 1.75 bits per heavy atom. The molecule has 0 bridgehead atoms. The van der Waals surface area contributed by atoms with Crippen LogP contribution in [-0.2, 0) is 11.2 Å². The Bertz CT molecular complexity index is 672. The lowest BCUT2D eigenvalue weighted by atomic mass is 10.1. The van der Waals surface area contributed by atoms with E-state index in [9.17, 15) is 9.59 Å². The van der Waals surface area contributed by atoms with Gasteiger partial charge in [-0.05, 0) is 36.8 Å². The third-order valence-corrected chi connectivity index (χ3v) is 3.35. The molecule has 4 N–H and O–H groups in total. The first-order valence-corrected chi connectivity index (χ1v) is 7.72.